The van der Waals surface area contributed by atoms with Crippen LogP contribution in [0.1, 0.15) is 32.3 Å². The summed E-state index contributed by atoms with van der Waals surface area (Å²) in [5, 5.41) is 14.6. The fourth-order valence-electron chi connectivity index (χ4n) is 2.64. The lowest BCUT2D eigenvalue weighted by molar-refractivity contribution is -0.142. The highest BCUT2D eigenvalue weighted by Gasteiger charge is 2.38. The molecule has 1 aliphatic rings. The third-order valence-corrected chi connectivity index (χ3v) is 3.76. The van der Waals surface area contributed by atoms with Crippen molar-refractivity contribution in [2.75, 3.05) is 13.2 Å². The molecule has 106 valence electrons. The first-order valence-electron chi connectivity index (χ1n) is 6.70. The first-order valence-corrected chi connectivity index (χ1v) is 7.08. The number of aliphatic hydroxyl groups is 1. The molecule has 1 aromatic carbocycles. The van der Waals surface area contributed by atoms with Gasteiger partial charge >= 0.3 is 0 Å². The summed E-state index contributed by atoms with van der Waals surface area (Å²) in [4.78, 5) is 0. The Hall–Kier alpha value is -0.610. The zero-order valence-electron chi connectivity index (χ0n) is 11.6. The maximum absolute atomic E-state index is 10.6. The smallest absolute Gasteiger partial charge is 0.0820 e. The minimum Gasteiger partial charge on any atom is -0.388 e. The molecular weight excluding hydrogens is 262 g/mol. The van der Waals surface area contributed by atoms with E-state index in [1.165, 1.54) is 5.56 Å². The van der Waals surface area contributed by atoms with Crippen molar-refractivity contribution in [3.8, 4) is 0 Å². The topological polar surface area (TPSA) is 41.5 Å². The number of halogens is 1. The van der Waals surface area contributed by atoms with Gasteiger partial charge in [0.1, 0.15) is 0 Å². The third kappa shape index (κ3) is 4.46. The van der Waals surface area contributed by atoms with Crippen molar-refractivity contribution in [2.24, 2.45) is 0 Å². The first kappa shape index (κ1) is 14.8. The lowest BCUT2D eigenvalue weighted by Crippen LogP contribution is -2.51. The Kier molecular flexibility index (Phi) is 4.51. The van der Waals surface area contributed by atoms with Gasteiger partial charge in [-0.2, -0.15) is 0 Å². The van der Waals surface area contributed by atoms with Crippen LogP contribution in [0.3, 0.4) is 0 Å². The van der Waals surface area contributed by atoms with Crippen LogP contribution in [0.15, 0.2) is 24.3 Å². The normalized spacial score (nSPS) is 26.3. The van der Waals surface area contributed by atoms with Gasteiger partial charge in [0.05, 0.1) is 17.8 Å². The Morgan fingerprint density at radius 2 is 2.00 bits per heavy atom. The first-order chi connectivity index (χ1) is 8.89. The molecule has 0 spiro atoms. The van der Waals surface area contributed by atoms with Crippen LogP contribution < -0.4 is 5.32 Å². The fourth-order valence-corrected chi connectivity index (χ4v) is 2.77. The summed E-state index contributed by atoms with van der Waals surface area (Å²) in [5.41, 5.74) is 0.252. The Labute approximate surface area is 119 Å². The SMILES string of the molecule is CC1(C)C[C@](O)(CNCc2ccc(Cl)cc2)CCO1. The molecule has 1 atom stereocenters. The quantitative estimate of drug-likeness (QED) is 0.893. The maximum Gasteiger partial charge on any atom is 0.0820 e. The molecule has 0 unspecified atom stereocenters. The molecule has 0 amide bonds. The summed E-state index contributed by atoms with van der Waals surface area (Å²) < 4.78 is 5.64. The van der Waals surface area contributed by atoms with Crippen molar-refractivity contribution in [1.29, 1.82) is 0 Å². The summed E-state index contributed by atoms with van der Waals surface area (Å²) in [6, 6.07) is 7.75. The average molecular weight is 284 g/mol. The van der Waals surface area contributed by atoms with E-state index in [9.17, 15) is 5.11 Å². The van der Waals surface area contributed by atoms with E-state index in [-0.39, 0.29) is 5.60 Å². The standard InChI is InChI=1S/C15H22ClNO2/c1-14(2)10-15(18,7-8-19-14)11-17-9-12-3-5-13(16)6-4-12/h3-6,17-18H,7-11H2,1-2H3/t15-/m0/s1. The van der Waals surface area contributed by atoms with Crippen LogP contribution in [-0.4, -0.2) is 29.5 Å². The second-order valence-electron chi connectivity index (χ2n) is 5.99. The summed E-state index contributed by atoms with van der Waals surface area (Å²) in [5.74, 6) is 0. The highest BCUT2D eigenvalue weighted by atomic mass is 35.5. The second-order valence-corrected chi connectivity index (χ2v) is 6.43. The minimum atomic E-state index is -0.672. The number of ether oxygens (including phenoxy) is 1. The zero-order valence-corrected chi connectivity index (χ0v) is 12.3. The van der Waals surface area contributed by atoms with Crippen molar-refractivity contribution in [3.63, 3.8) is 0 Å². The molecule has 1 aliphatic heterocycles. The molecule has 0 aliphatic carbocycles. The van der Waals surface area contributed by atoms with Crippen LogP contribution in [0.2, 0.25) is 5.02 Å². The van der Waals surface area contributed by atoms with E-state index in [2.05, 4.69) is 5.32 Å². The van der Waals surface area contributed by atoms with Crippen molar-refractivity contribution in [2.45, 2.75) is 44.4 Å². The van der Waals surface area contributed by atoms with E-state index in [0.717, 1.165) is 11.6 Å². The van der Waals surface area contributed by atoms with E-state index >= 15 is 0 Å². The van der Waals surface area contributed by atoms with E-state index in [1.807, 2.05) is 38.1 Å². The van der Waals surface area contributed by atoms with Crippen LogP contribution in [0.25, 0.3) is 0 Å². The van der Waals surface area contributed by atoms with E-state index in [4.69, 9.17) is 16.3 Å². The molecule has 1 fully saturated rings. The minimum absolute atomic E-state index is 0.241. The van der Waals surface area contributed by atoms with Crippen molar-refractivity contribution in [3.05, 3.63) is 34.9 Å². The van der Waals surface area contributed by atoms with Crippen LogP contribution >= 0.6 is 11.6 Å². The Bertz CT molecular complexity index is 419. The number of benzene rings is 1. The molecule has 0 radical (unpaired) electrons. The highest BCUT2D eigenvalue weighted by molar-refractivity contribution is 6.30. The maximum atomic E-state index is 10.6. The molecule has 0 bridgehead atoms. The second kappa shape index (κ2) is 5.80. The molecule has 1 aromatic rings. The Morgan fingerprint density at radius 3 is 2.63 bits per heavy atom. The van der Waals surface area contributed by atoms with Crippen molar-refractivity contribution >= 4 is 11.6 Å². The number of rotatable bonds is 4. The Balaban J connectivity index is 1.83. The van der Waals surface area contributed by atoms with Crippen molar-refractivity contribution in [1.82, 2.24) is 5.32 Å². The summed E-state index contributed by atoms with van der Waals surface area (Å²) in [7, 11) is 0. The lowest BCUT2D eigenvalue weighted by Gasteiger charge is -2.41. The molecule has 0 aromatic heterocycles. The van der Waals surface area contributed by atoms with Crippen LogP contribution in [0.4, 0.5) is 0 Å². The molecule has 2 N–H and O–H groups in total. The van der Waals surface area contributed by atoms with Gasteiger partial charge in [-0.05, 0) is 31.5 Å². The van der Waals surface area contributed by atoms with Gasteiger partial charge in [-0.3, -0.25) is 0 Å². The van der Waals surface area contributed by atoms with Gasteiger partial charge in [-0.25, -0.2) is 0 Å². The molecular formula is C15H22ClNO2. The molecule has 0 saturated carbocycles. The number of hydrogen-bond acceptors (Lipinski definition) is 3. The summed E-state index contributed by atoms with van der Waals surface area (Å²) in [6.07, 6.45) is 1.34. The Morgan fingerprint density at radius 1 is 1.32 bits per heavy atom. The lowest BCUT2D eigenvalue weighted by atomic mass is 9.84. The predicted octanol–water partition coefficient (Wildman–Crippen LogP) is 2.75. The van der Waals surface area contributed by atoms with Crippen LogP contribution in [0.5, 0.6) is 0 Å². The molecule has 19 heavy (non-hydrogen) atoms. The zero-order chi connectivity index (χ0) is 13.9. The molecule has 1 heterocycles. The molecule has 3 nitrogen and oxygen atoms in total. The van der Waals surface area contributed by atoms with Gasteiger partial charge in [0.25, 0.3) is 0 Å². The molecule has 4 heteroatoms. The highest BCUT2D eigenvalue weighted by Crippen LogP contribution is 2.31. The van der Waals surface area contributed by atoms with Gasteiger partial charge in [0, 0.05) is 31.0 Å². The third-order valence-electron chi connectivity index (χ3n) is 3.51. The van der Waals surface area contributed by atoms with Crippen LogP contribution in [-0.2, 0) is 11.3 Å². The van der Waals surface area contributed by atoms with Crippen molar-refractivity contribution < 1.29 is 9.84 Å². The fraction of sp³-hybridized carbons (Fsp3) is 0.600. The molecule has 1 saturated heterocycles. The summed E-state index contributed by atoms with van der Waals surface area (Å²) >= 11 is 5.85. The summed E-state index contributed by atoms with van der Waals surface area (Å²) in [6.45, 7) is 5.99. The number of hydrogen-bond donors (Lipinski definition) is 2. The van der Waals surface area contributed by atoms with E-state index in [1.54, 1.807) is 0 Å². The van der Waals surface area contributed by atoms with E-state index < -0.39 is 5.60 Å². The van der Waals surface area contributed by atoms with Gasteiger partial charge < -0.3 is 15.2 Å². The van der Waals surface area contributed by atoms with E-state index in [0.29, 0.717) is 26.0 Å². The number of nitrogens with one attached hydrogen (secondary N) is 1. The van der Waals surface area contributed by atoms with Gasteiger partial charge in [0.2, 0.25) is 0 Å². The largest absolute Gasteiger partial charge is 0.388 e. The van der Waals surface area contributed by atoms with Gasteiger partial charge in [-0.15, -0.1) is 0 Å². The molecule has 2 rings (SSSR count). The van der Waals surface area contributed by atoms with Gasteiger partial charge in [0.15, 0.2) is 0 Å². The van der Waals surface area contributed by atoms with Crippen LogP contribution in [0, 0.1) is 0 Å². The monoisotopic (exact) mass is 283 g/mol. The van der Waals surface area contributed by atoms with Gasteiger partial charge in [-0.1, -0.05) is 23.7 Å². The average Bonchev–Trinajstić information content (AvgIpc) is 2.30. The predicted molar refractivity (Wildman–Crippen MR) is 77.4 cm³/mol.